The van der Waals surface area contributed by atoms with Crippen LogP contribution < -0.4 is 0 Å². The molecule has 0 fully saturated rings. The summed E-state index contributed by atoms with van der Waals surface area (Å²) >= 11 is 0. The lowest BCUT2D eigenvalue weighted by Crippen LogP contribution is -2.29. The Balaban J connectivity index is 4.68. The summed E-state index contributed by atoms with van der Waals surface area (Å²) in [5.74, 6) is -0.358. The molecule has 0 aromatic carbocycles. The Bertz CT molecular complexity index is 1250. The molecule has 338 valence electrons. The van der Waals surface area contributed by atoms with Crippen molar-refractivity contribution in [1.29, 1.82) is 0 Å². The fourth-order valence-corrected chi connectivity index (χ4v) is 6.61. The van der Waals surface area contributed by atoms with Crippen LogP contribution in [-0.2, 0) is 41.8 Å². The van der Waals surface area contributed by atoms with Crippen molar-refractivity contribution >= 4 is 27.6 Å². The fourth-order valence-electron chi connectivity index (χ4n) is 5.46. The minimum Gasteiger partial charge on any atom is -0.462 e. The molecule has 0 rings (SSSR count). The van der Waals surface area contributed by atoms with E-state index in [0.717, 1.165) is 63.7 Å². The molecule has 14 nitrogen and oxygen atoms in total. The van der Waals surface area contributed by atoms with Crippen molar-refractivity contribution in [3.05, 3.63) is 48.6 Å². The van der Waals surface area contributed by atoms with E-state index < -0.39 is 72.3 Å². The van der Waals surface area contributed by atoms with Gasteiger partial charge in [-0.15, -0.1) is 0 Å². The van der Waals surface area contributed by atoms with Crippen LogP contribution in [0.5, 0.6) is 0 Å². The number of carbonyl (C=O) groups is 2. The van der Waals surface area contributed by atoms with E-state index in [4.69, 9.17) is 23.8 Å². The van der Waals surface area contributed by atoms with E-state index >= 15 is 0 Å². The van der Waals surface area contributed by atoms with Gasteiger partial charge in [0, 0.05) is 12.8 Å². The highest BCUT2D eigenvalue weighted by Crippen LogP contribution is 2.43. The summed E-state index contributed by atoms with van der Waals surface area (Å²) in [5.41, 5.74) is 0. The van der Waals surface area contributed by atoms with Crippen LogP contribution in [0.1, 0.15) is 156 Å². The molecule has 0 saturated carbocycles. The molecule has 0 aromatic rings. The van der Waals surface area contributed by atoms with Gasteiger partial charge in [-0.3, -0.25) is 23.2 Å². The number of rotatable bonds is 39. The van der Waals surface area contributed by atoms with Crippen molar-refractivity contribution < 1.29 is 66.7 Å². The third kappa shape index (κ3) is 40.8. The Morgan fingerprint density at radius 1 is 0.603 bits per heavy atom. The Kier molecular flexibility index (Phi) is 35.6. The second-order valence-electron chi connectivity index (χ2n) is 14.9. The van der Waals surface area contributed by atoms with Crippen molar-refractivity contribution in [2.45, 2.75) is 174 Å². The number of ether oxygens (including phenoxy) is 2. The first kappa shape index (κ1) is 56.0. The molecular formula is C42H76O14P2. The van der Waals surface area contributed by atoms with Crippen LogP contribution in [0.25, 0.3) is 0 Å². The highest BCUT2D eigenvalue weighted by molar-refractivity contribution is 7.47. The van der Waals surface area contributed by atoms with Gasteiger partial charge in [-0.05, 0) is 44.4 Å². The molecule has 0 saturated heterocycles. The molecular weight excluding hydrogens is 790 g/mol. The molecule has 0 aliphatic heterocycles. The van der Waals surface area contributed by atoms with Crippen LogP contribution >= 0.6 is 15.6 Å². The number of aliphatic hydroxyl groups is 2. The molecule has 0 spiro atoms. The van der Waals surface area contributed by atoms with Gasteiger partial charge in [0.1, 0.15) is 12.7 Å². The number of hydrogen-bond acceptors (Lipinski definition) is 11. The second kappa shape index (κ2) is 36.9. The van der Waals surface area contributed by atoms with E-state index in [9.17, 15) is 33.8 Å². The van der Waals surface area contributed by atoms with Gasteiger partial charge < -0.3 is 34.4 Å². The lowest BCUT2D eigenvalue weighted by atomic mass is 10.0. The number of carbonyl (C=O) groups excluding carboxylic acids is 2. The first-order valence-electron chi connectivity index (χ1n) is 21.3. The number of phosphoric acid groups is 2. The Morgan fingerprint density at radius 2 is 1.16 bits per heavy atom. The largest absolute Gasteiger partial charge is 0.472 e. The third-order valence-electron chi connectivity index (χ3n) is 8.74. The van der Waals surface area contributed by atoms with Gasteiger partial charge in [-0.2, -0.15) is 0 Å². The van der Waals surface area contributed by atoms with E-state index in [1.54, 1.807) is 6.08 Å². The van der Waals surface area contributed by atoms with Crippen molar-refractivity contribution in [3.63, 3.8) is 0 Å². The second-order valence-corrected chi connectivity index (χ2v) is 17.6. The number of unbranched alkanes of at least 4 members (excludes halogenated alkanes) is 12. The SMILES string of the molecule is CCCCC[C@H](O)/C=C/C=C\C/C=C\C/C=C\CCCC(=O)O[C@H](COC(=O)CCCCCCCCCCCCC(C)C)COP(=O)(O)OC[C@@H](O)COP(=O)(O)O. The van der Waals surface area contributed by atoms with Crippen LogP contribution in [0.4, 0.5) is 0 Å². The van der Waals surface area contributed by atoms with E-state index in [-0.39, 0.29) is 12.8 Å². The van der Waals surface area contributed by atoms with E-state index in [1.165, 1.54) is 44.9 Å². The van der Waals surface area contributed by atoms with Gasteiger partial charge in [0.25, 0.3) is 0 Å². The summed E-state index contributed by atoms with van der Waals surface area (Å²) in [4.78, 5) is 52.6. The van der Waals surface area contributed by atoms with Crippen LogP contribution in [0.15, 0.2) is 48.6 Å². The van der Waals surface area contributed by atoms with Gasteiger partial charge in [0.2, 0.25) is 0 Å². The van der Waals surface area contributed by atoms with Crippen molar-refractivity contribution in [3.8, 4) is 0 Å². The fraction of sp³-hybridized carbons (Fsp3) is 0.762. The number of hydrogen-bond donors (Lipinski definition) is 5. The van der Waals surface area contributed by atoms with Crippen LogP contribution in [0, 0.1) is 5.92 Å². The number of phosphoric ester groups is 2. The minimum atomic E-state index is -4.87. The molecule has 0 heterocycles. The van der Waals surface area contributed by atoms with Crippen molar-refractivity contribution in [1.82, 2.24) is 0 Å². The van der Waals surface area contributed by atoms with Crippen LogP contribution in [-0.4, -0.2) is 81.6 Å². The normalized spacial score (nSPS) is 15.2. The lowest BCUT2D eigenvalue weighted by molar-refractivity contribution is -0.161. The molecule has 0 bridgehead atoms. The van der Waals surface area contributed by atoms with Gasteiger partial charge >= 0.3 is 27.6 Å². The molecule has 0 aliphatic rings. The predicted octanol–water partition coefficient (Wildman–Crippen LogP) is 9.50. The average molecular weight is 867 g/mol. The highest BCUT2D eigenvalue weighted by atomic mass is 31.2. The summed E-state index contributed by atoms with van der Waals surface area (Å²) in [6.07, 6.45) is 31.7. The molecule has 0 radical (unpaired) electrons. The summed E-state index contributed by atoms with van der Waals surface area (Å²) in [5, 5.41) is 19.6. The molecule has 4 atom stereocenters. The Labute approximate surface area is 348 Å². The zero-order valence-electron chi connectivity index (χ0n) is 35.4. The highest BCUT2D eigenvalue weighted by Gasteiger charge is 2.28. The van der Waals surface area contributed by atoms with Crippen LogP contribution in [0.2, 0.25) is 0 Å². The van der Waals surface area contributed by atoms with Crippen molar-refractivity contribution in [2.75, 3.05) is 26.4 Å². The van der Waals surface area contributed by atoms with E-state index in [2.05, 4.69) is 29.8 Å². The maximum Gasteiger partial charge on any atom is 0.472 e. The standard InChI is InChI=1S/C42H76O14P2/c1-4-5-23-29-38(43)30-25-20-16-12-7-6-8-14-18-22-27-32-42(46)56-40(36-55-58(50,51)54-34-39(44)33-53-57(47,48)49)35-52-41(45)31-26-21-17-13-10-9-11-15-19-24-28-37(2)3/h6-7,14,16,18,20,25,30,37-40,43-44H,4-5,8-13,15,17,19,21-24,26-29,31-36H2,1-3H3,(H,50,51)(H2,47,48,49)/b7-6-,18-14-,20-16-,30-25+/t38-,39-,40+/m0/s1. The maximum atomic E-state index is 12.6. The minimum absolute atomic E-state index is 0.0351. The lowest BCUT2D eigenvalue weighted by Gasteiger charge is -2.20. The molecule has 0 aliphatic carbocycles. The molecule has 16 heteroatoms. The summed E-state index contributed by atoms with van der Waals surface area (Å²) in [6.45, 7) is 3.84. The number of esters is 2. The molecule has 0 aromatic heterocycles. The molecule has 58 heavy (non-hydrogen) atoms. The first-order chi connectivity index (χ1) is 27.6. The molecule has 0 amide bonds. The van der Waals surface area contributed by atoms with E-state index in [1.807, 2.05) is 42.5 Å². The van der Waals surface area contributed by atoms with Crippen LogP contribution in [0.3, 0.4) is 0 Å². The van der Waals surface area contributed by atoms with Gasteiger partial charge in [-0.25, -0.2) is 9.13 Å². The quantitative estimate of drug-likeness (QED) is 0.0128. The third-order valence-corrected chi connectivity index (χ3v) is 10.2. The topological polar surface area (TPSA) is 216 Å². The smallest absolute Gasteiger partial charge is 0.462 e. The van der Waals surface area contributed by atoms with Gasteiger partial charge in [-0.1, -0.05) is 153 Å². The van der Waals surface area contributed by atoms with Crippen molar-refractivity contribution in [2.24, 2.45) is 5.92 Å². The Morgan fingerprint density at radius 3 is 1.79 bits per heavy atom. The number of allylic oxidation sites excluding steroid dienone is 7. The summed E-state index contributed by atoms with van der Waals surface area (Å²) in [6, 6.07) is 0. The van der Waals surface area contributed by atoms with E-state index in [0.29, 0.717) is 19.3 Å². The number of aliphatic hydroxyl groups excluding tert-OH is 2. The van der Waals surface area contributed by atoms with Gasteiger partial charge in [0.05, 0.1) is 25.9 Å². The maximum absolute atomic E-state index is 12.6. The zero-order chi connectivity index (χ0) is 43.3. The monoisotopic (exact) mass is 866 g/mol. The summed E-state index contributed by atoms with van der Waals surface area (Å²) in [7, 11) is -9.70. The predicted molar refractivity (Wildman–Crippen MR) is 227 cm³/mol. The molecule has 5 N–H and O–H groups in total. The summed E-state index contributed by atoms with van der Waals surface area (Å²) < 4.78 is 47.6. The molecule has 1 unspecified atom stereocenters. The van der Waals surface area contributed by atoms with Gasteiger partial charge in [0.15, 0.2) is 6.10 Å². The first-order valence-corrected chi connectivity index (χ1v) is 24.3. The zero-order valence-corrected chi connectivity index (χ0v) is 37.2. The Hall–Kier alpha value is -1.96. The average Bonchev–Trinajstić information content (AvgIpc) is 3.16.